The molecule has 3 aromatic rings. The highest BCUT2D eigenvalue weighted by atomic mass is 16.2. The van der Waals surface area contributed by atoms with Gasteiger partial charge in [-0.05, 0) is 49.2 Å². The molecule has 1 aromatic heterocycles. The van der Waals surface area contributed by atoms with Crippen molar-refractivity contribution in [1.29, 1.82) is 0 Å². The van der Waals surface area contributed by atoms with Gasteiger partial charge in [-0.1, -0.05) is 24.3 Å². The van der Waals surface area contributed by atoms with Gasteiger partial charge in [0.1, 0.15) is 5.82 Å². The average Bonchev–Trinajstić information content (AvgIpc) is 2.70. The fraction of sp³-hybridized carbons (Fsp3) is 0.304. The van der Waals surface area contributed by atoms with Crippen molar-refractivity contribution in [2.75, 3.05) is 38.5 Å². The number of likely N-dealkylation sites (N-methyl/N-ethyl adjacent to an activating group) is 1. The number of amides is 1. The predicted octanol–water partition coefficient (Wildman–Crippen LogP) is 2.57. The largest absolute Gasteiger partial charge is 0.340 e. The number of carbonyl (C=O) groups is 1. The number of rotatable bonds is 3. The van der Waals surface area contributed by atoms with Gasteiger partial charge < -0.3 is 15.1 Å². The molecular formula is C23H27N4O+. The Labute approximate surface area is 166 Å². The maximum atomic E-state index is 13.3. The molecule has 0 aliphatic carbocycles. The van der Waals surface area contributed by atoms with E-state index in [1.807, 2.05) is 41.3 Å². The van der Waals surface area contributed by atoms with E-state index < -0.39 is 0 Å². The number of anilines is 2. The molecule has 0 spiro atoms. The first-order chi connectivity index (χ1) is 13.5. The number of hydrogen-bond acceptors (Lipinski definition) is 3. The van der Waals surface area contributed by atoms with Crippen molar-refractivity contribution in [3.05, 3.63) is 65.2 Å². The zero-order valence-corrected chi connectivity index (χ0v) is 16.7. The summed E-state index contributed by atoms with van der Waals surface area (Å²) in [6, 6.07) is 16.0. The van der Waals surface area contributed by atoms with Crippen molar-refractivity contribution in [1.82, 2.24) is 9.88 Å². The molecule has 1 aliphatic heterocycles. The molecule has 2 N–H and O–H groups in total. The lowest BCUT2D eigenvalue weighted by atomic mass is 10.1. The van der Waals surface area contributed by atoms with Crippen molar-refractivity contribution in [3.8, 4) is 0 Å². The molecule has 0 radical (unpaired) electrons. The molecule has 144 valence electrons. The number of benzene rings is 2. The van der Waals surface area contributed by atoms with E-state index in [4.69, 9.17) is 4.98 Å². The van der Waals surface area contributed by atoms with Gasteiger partial charge in [0.15, 0.2) is 0 Å². The fourth-order valence-corrected chi connectivity index (χ4v) is 3.65. The lowest BCUT2D eigenvalue weighted by Crippen LogP contribution is -3.12. The summed E-state index contributed by atoms with van der Waals surface area (Å²) in [7, 11) is 2.18. The monoisotopic (exact) mass is 375 g/mol. The fourth-order valence-electron chi connectivity index (χ4n) is 3.65. The minimum absolute atomic E-state index is 0.0919. The molecule has 0 atom stereocenters. The second-order valence-electron chi connectivity index (χ2n) is 7.75. The van der Waals surface area contributed by atoms with E-state index in [0.29, 0.717) is 5.82 Å². The highest BCUT2D eigenvalue weighted by molar-refractivity contribution is 6.07. The van der Waals surface area contributed by atoms with Crippen LogP contribution in [0, 0.1) is 13.8 Å². The topological polar surface area (TPSA) is 49.7 Å². The van der Waals surface area contributed by atoms with Crippen LogP contribution in [0.3, 0.4) is 0 Å². The number of carbonyl (C=O) groups excluding carboxylic acids is 1. The molecule has 0 saturated carbocycles. The van der Waals surface area contributed by atoms with Gasteiger partial charge in [-0.2, -0.15) is 0 Å². The minimum atomic E-state index is 0.0919. The van der Waals surface area contributed by atoms with Crippen molar-refractivity contribution in [3.63, 3.8) is 0 Å². The summed E-state index contributed by atoms with van der Waals surface area (Å²) in [5, 5.41) is 4.29. The van der Waals surface area contributed by atoms with E-state index in [2.05, 4.69) is 38.3 Å². The number of nitrogens with one attached hydrogen (secondary N) is 2. The number of hydrogen-bond donors (Lipinski definition) is 2. The number of para-hydroxylation sites is 1. The second-order valence-corrected chi connectivity index (χ2v) is 7.75. The summed E-state index contributed by atoms with van der Waals surface area (Å²) in [5.74, 6) is 0.791. The number of quaternary nitrogens is 1. The smallest absolute Gasteiger partial charge is 0.255 e. The van der Waals surface area contributed by atoms with E-state index in [1.54, 1.807) is 0 Å². The highest BCUT2D eigenvalue weighted by Crippen LogP contribution is 2.25. The van der Waals surface area contributed by atoms with Gasteiger partial charge >= 0.3 is 0 Å². The SMILES string of the molecule is Cc1ccc(Nc2cc(C(=O)N3CC[NH+](C)CC3)c3ccccc3n2)cc1C. The molecule has 2 aromatic carbocycles. The molecule has 0 bridgehead atoms. The summed E-state index contributed by atoms with van der Waals surface area (Å²) in [5.41, 5.74) is 5.01. The van der Waals surface area contributed by atoms with Gasteiger partial charge in [0.25, 0.3) is 5.91 Å². The quantitative estimate of drug-likeness (QED) is 0.740. The Morgan fingerprint density at radius 1 is 1.04 bits per heavy atom. The van der Waals surface area contributed by atoms with Gasteiger partial charge in [0.05, 0.1) is 44.3 Å². The summed E-state index contributed by atoms with van der Waals surface area (Å²) < 4.78 is 0. The third-order valence-corrected chi connectivity index (χ3v) is 5.63. The van der Waals surface area contributed by atoms with Crippen LogP contribution in [0.2, 0.25) is 0 Å². The van der Waals surface area contributed by atoms with Gasteiger partial charge in [-0.15, -0.1) is 0 Å². The van der Waals surface area contributed by atoms with E-state index in [1.165, 1.54) is 16.0 Å². The number of pyridine rings is 1. The normalized spacial score (nSPS) is 15.0. The Bertz CT molecular complexity index is 1020. The highest BCUT2D eigenvalue weighted by Gasteiger charge is 2.24. The Hall–Kier alpha value is -2.92. The molecule has 1 amide bonds. The van der Waals surface area contributed by atoms with Crippen LogP contribution in [0.5, 0.6) is 0 Å². The van der Waals surface area contributed by atoms with E-state index in [-0.39, 0.29) is 5.91 Å². The summed E-state index contributed by atoms with van der Waals surface area (Å²) in [6.07, 6.45) is 0. The third-order valence-electron chi connectivity index (χ3n) is 5.63. The molecule has 1 saturated heterocycles. The van der Waals surface area contributed by atoms with Crippen LogP contribution in [-0.4, -0.2) is 49.0 Å². The molecule has 5 nitrogen and oxygen atoms in total. The van der Waals surface area contributed by atoms with Crippen LogP contribution >= 0.6 is 0 Å². The van der Waals surface area contributed by atoms with Crippen LogP contribution in [0.1, 0.15) is 21.5 Å². The zero-order valence-electron chi connectivity index (χ0n) is 16.7. The van der Waals surface area contributed by atoms with Gasteiger partial charge in [-0.25, -0.2) is 4.98 Å². The standard InChI is InChI=1S/C23H26N4O/c1-16-8-9-18(14-17(16)2)24-22-15-20(19-6-4-5-7-21(19)25-22)23(28)27-12-10-26(3)11-13-27/h4-9,14-15H,10-13H2,1-3H3,(H,24,25)/p+1. The minimum Gasteiger partial charge on any atom is -0.340 e. The molecule has 2 heterocycles. The Kier molecular flexibility index (Phi) is 5.01. The molecule has 28 heavy (non-hydrogen) atoms. The van der Waals surface area contributed by atoms with E-state index >= 15 is 0 Å². The van der Waals surface area contributed by atoms with Gasteiger partial charge in [0, 0.05) is 11.1 Å². The second kappa shape index (κ2) is 7.60. The maximum absolute atomic E-state index is 13.3. The first-order valence-electron chi connectivity index (χ1n) is 9.86. The Morgan fingerprint density at radius 2 is 1.79 bits per heavy atom. The summed E-state index contributed by atoms with van der Waals surface area (Å²) in [4.78, 5) is 21.5. The summed E-state index contributed by atoms with van der Waals surface area (Å²) >= 11 is 0. The van der Waals surface area contributed by atoms with Crippen LogP contribution in [0.4, 0.5) is 11.5 Å². The lowest BCUT2D eigenvalue weighted by molar-refractivity contribution is -0.883. The molecule has 4 rings (SSSR count). The lowest BCUT2D eigenvalue weighted by Gasteiger charge is -2.30. The van der Waals surface area contributed by atoms with E-state index in [9.17, 15) is 4.79 Å². The zero-order chi connectivity index (χ0) is 19.7. The van der Waals surface area contributed by atoms with E-state index in [0.717, 1.165) is 48.3 Å². The third kappa shape index (κ3) is 3.71. The predicted molar refractivity (Wildman–Crippen MR) is 113 cm³/mol. The van der Waals surface area contributed by atoms with Crippen molar-refractivity contribution >= 4 is 28.3 Å². The Balaban J connectivity index is 1.70. The maximum Gasteiger partial charge on any atom is 0.255 e. The number of fused-ring (bicyclic) bond motifs is 1. The average molecular weight is 375 g/mol. The van der Waals surface area contributed by atoms with Crippen LogP contribution in [0.15, 0.2) is 48.5 Å². The van der Waals surface area contributed by atoms with Crippen molar-refractivity contribution in [2.24, 2.45) is 0 Å². The molecule has 0 unspecified atom stereocenters. The summed E-state index contributed by atoms with van der Waals surface area (Å²) in [6.45, 7) is 7.76. The van der Waals surface area contributed by atoms with Crippen LogP contribution in [0.25, 0.3) is 10.9 Å². The number of piperazine rings is 1. The first kappa shape index (κ1) is 18.4. The van der Waals surface area contributed by atoms with Crippen LogP contribution in [-0.2, 0) is 0 Å². The Morgan fingerprint density at radius 3 is 2.54 bits per heavy atom. The van der Waals surface area contributed by atoms with Crippen molar-refractivity contribution in [2.45, 2.75) is 13.8 Å². The van der Waals surface area contributed by atoms with Crippen molar-refractivity contribution < 1.29 is 9.69 Å². The van der Waals surface area contributed by atoms with Gasteiger partial charge in [0.2, 0.25) is 0 Å². The number of aryl methyl sites for hydroxylation is 2. The van der Waals surface area contributed by atoms with Crippen LogP contribution < -0.4 is 10.2 Å². The first-order valence-corrected chi connectivity index (χ1v) is 9.86. The molecular weight excluding hydrogens is 348 g/mol. The molecule has 5 heteroatoms. The number of aromatic nitrogens is 1. The van der Waals surface area contributed by atoms with Gasteiger partial charge in [-0.3, -0.25) is 4.79 Å². The molecule has 1 fully saturated rings. The molecule has 1 aliphatic rings. The number of nitrogens with zero attached hydrogens (tertiary/aromatic N) is 2.